The topological polar surface area (TPSA) is 30.9 Å². The Bertz CT molecular complexity index is 500. The van der Waals surface area contributed by atoms with Gasteiger partial charge >= 0.3 is 0 Å². The van der Waals surface area contributed by atoms with E-state index >= 15 is 0 Å². The van der Waals surface area contributed by atoms with Gasteiger partial charge in [0.2, 0.25) is 0 Å². The van der Waals surface area contributed by atoms with Crippen LogP contribution in [0, 0.1) is 0 Å². The van der Waals surface area contributed by atoms with E-state index in [0.29, 0.717) is 6.04 Å². The second kappa shape index (κ2) is 6.54. The summed E-state index contributed by atoms with van der Waals surface area (Å²) >= 11 is 0. The molecule has 0 bridgehead atoms. The first kappa shape index (κ1) is 15.0. The lowest BCUT2D eigenvalue weighted by Gasteiger charge is -2.25. The minimum atomic E-state index is -0.938. The predicted octanol–water partition coefficient (Wildman–Crippen LogP) is 4.03. The summed E-state index contributed by atoms with van der Waals surface area (Å²) in [5, 5.41) is 0. The smallest absolute Gasteiger partial charge is 0.260 e. The first-order valence-corrected chi connectivity index (χ1v) is 9.56. The number of fused-ring (bicyclic) bond motifs is 1. The van der Waals surface area contributed by atoms with E-state index < -0.39 is 8.53 Å². The summed E-state index contributed by atoms with van der Waals surface area (Å²) in [6.45, 7) is 4.09. The number of hydrogen-bond acceptors (Lipinski definition) is 4. The Morgan fingerprint density at radius 2 is 2.14 bits per heavy atom. The molecule has 22 heavy (non-hydrogen) atoms. The first-order chi connectivity index (χ1) is 10.9. The molecule has 120 valence electrons. The molecule has 3 aliphatic heterocycles. The van der Waals surface area contributed by atoms with Gasteiger partial charge in [0.25, 0.3) is 8.53 Å². The molecule has 4 rings (SSSR count). The SMILES string of the molecule is CC[C@H]1OCC[C@H]1O[P@@]1O[C@H](c2ccccc2)[C@@H]2CCCN21. The lowest BCUT2D eigenvalue weighted by molar-refractivity contribution is 0.0468. The molecule has 4 nitrogen and oxygen atoms in total. The lowest BCUT2D eigenvalue weighted by Crippen LogP contribution is -2.26. The van der Waals surface area contributed by atoms with E-state index in [1.165, 1.54) is 18.4 Å². The molecule has 0 saturated carbocycles. The summed E-state index contributed by atoms with van der Waals surface area (Å²) in [5.41, 5.74) is 1.28. The van der Waals surface area contributed by atoms with Gasteiger partial charge in [-0.3, -0.25) is 0 Å². The Morgan fingerprint density at radius 1 is 1.27 bits per heavy atom. The Balaban J connectivity index is 1.49. The fourth-order valence-electron chi connectivity index (χ4n) is 3.77. The second-order valence-corrected chi connectivity index (χ2v) is 7.71. The highest BCUT2D eigenvalue weighted by Gasteiger charge is 2.48. The molecular weight excluding hydrogens is 297 g/mol. The molecule has 0 spiro atoms. The molecule has 3 fully saturated rings. The molecule has 5 atom stereocenters. The van der Waals surface area contributed by atoms with Crippen molar-refractivity contribution in [2.45, 2.75) is 57.0 Å². The van der Waals surface area contributed by atoms with Gasteiger partial charge in [-0.15, -0.1) is 0 Å². The zero-order chi connectivity index (χ0) is 14.9. The standard InChI is InChI=1S/C17H24NO3P/c1-2-15-16(10-12-19-15)20-22-18-11-6-9-14(18)17(21-22)13-7-4-3-5-8-13/h3-5,7-8,14-17H,2,6,9-12H2,1H3/t14-,15+,16+,17+,22-/m0/s1. The van der Waals surface area contributed by atoms with Crippen LogP contribution in [0.2, 0.25) is 0 Å². The fraction of sp³-hybridized carbons (Fsp3) is 0.647. The molecule has 0 aromatic heterocycles. The van der Waals surface area contributed by atoms with Crippen molar-refractivity contribution < 1.29 is 13.8 Å². The Hall–Kier alpha value is -0.510. The van der Waals surface area contributed by atoms with Crippen molar-refractivity contribution in [3.63, 3.8) is 0 Å². The van der Waals surface area contributed by atoms with Gasteiger partial charge in [0.05, 0.1) is 12.2 Å². The van der Waals surface area contributed by atoms with E-state index in [2.05, 4.69) is 41.9 Å². The van der Waals surface area contributed by atoms with Crippen LogP contribution in [-0.2, 0) is 13.8 Å². The van der Waals surface area contributed by atoms with E-state index in [9.17, 15) is 0 Å². The third-order valence-electron chi connectivity index (χ3n) is 4.94. The number of nitrogens with zero attached hydrogens (tertiary/aromatic N) is 1. The maximum Gasteiger partial charge on any atom is 0.260 e. The average molecular weight is 321 g/mol. The van der Waals surface area contributed by atoms with Crippen molar-refractivity contribution in [2.24, 2.45) is 0 Å². The second-order valence-electron chi connectivity index (χ2n) is 6.30. The zero-order valence-corrected chi connectivity index (χ0v) is 14.0. The molecule has 3 aliphatic rings. The molecule has 1 aromatic carbocycles. The van der Waals surface area contributed by atoms with Gasteiger partial charge in [0, 0.05) is 19.2 Å². The van der Waals surface area contributed by atoms with Crippen LogP contribution in [-0.4, -0.2) is 36.1 Å². The van der Waals surface area contributed by atoms with E-state index in [4.69, 9.17) is 13.8 Å². The van der Waals surface area contributed by atoms with Crippen LogP contribution in [0.4, 0.5) is 0 Å². The van der Waals surface area contributed by atoms with Crippen molar-refractivity contribution >= 4 is 8.53 Å². The molecule has 0 radical (unpaired) electrons. The number of ether oxygens (including phenoxy) is 1. The van der Waals surface area contributed by atoms with Crippen LogP contribution in [0.25, 0.3) is 0 Å². The molecule has 5 heteroatoms. The molecular formula is C17H24NO3P. The van der Waals surface area contributed by atoms with Gasteiger partial charge in [0.15, 0.2) is 0 Å². The van der Waals surface area contributed by atoms with Gasteiger partial charge < -0.3 is 13.8 Å². The van der Waals surface area contributed by atoms with Crippen molar-refractivity contribution in [1.29, 1.82) is 0 Å². The maximum atomic E-state index is 6.38. The molecule has 0 aliphatic carbocycles. The molecule has 3 saturated heterocycles. The van der Waals surface area contributed by atoms with Gasteiger partial charge in [-0.25, -0.2) is 4.67 Å². The van der Waals surface area contributed by atoms with E-state index in [1.54, 1.807) is 0 Å². The summed E-state index contributed by atoms with van der Waals surface area (Å²) in [4.78, 5) is 0. The number of benzene rings is 1. The highest BCUT2D eigenvalue weighted by atomic mass is 31.2. The Labute approximate surface area is 133 Å². The maximum absolute atomic E-state index is 6.38. The normalized spacial score (nSPS) is 38.5. The molecule has 1 aromatic rings. The highest BCUT2D eigenvalue weighted by molar-refractivity contribution is 7.44. The minimum absolute atomic E-state index is 0.164. The summed E-state index contributed by atoms with van der Waals surface area (Å²) in [7, 11) is -0.938. The zero-order valence-electron chi connectivity index (χ0n) is 13.1. The Morgan fingerprint density at radius 3 is 2.95 bits per heavy atom. The first-order valence-electron chi connectivity index (χ1n) is 8.43. The minimum Gasteiger partial charge on any atom is -0.375 e. The molecule has 0 amide bonds. The van der Waals surface area contributed by atoms with Gasteiger partial charge in [-0.05, 0) is 31.2 Å². The monoisotopic (exact) mass is 321 g/mol. The van der Waals surface area contributed by atoms with Crippen molar-refractivity contribution in [1.82, 2.24) is 4.67 Å². The van der Waals surface area contributed by atoms with Crippen molar-refractivity contribution in [3.8, 4) is 0 Å². The summed E-state index contributed by atoms with van der Waals surface area (Å²) in [6, 6.07) is 11.1. The van der Waals surface area contributed by atoms with Crippen LogP contribution >= 0.6 is 8.53 Å². The summed E-state index contributed by atoms with van der Waals surface area (Å²) in [6.07, 6.45) is 5.07. The van der Waals surface area contributed by atoms with E-state index in [0.717, 1.165) is 26.0 Å². The Kier molecular flexibility index (Phi) is 4.47. The van der Waals surface area contributed by atoms with Crippen molar-refractivity contribution in [3.05, 3.63) is 35.9 Å². The van der Waals surface area contributed by atoms with Crippen LogP contribution in [0.5, 0.6) is 0 Å². The average Bonchev–Trinajstić information content (AvgIpc) is 3.26. The summed E-state index contributed by atoms with van der Waals surface area (Å²) < 4.78 is 21.0. The van der Waals surface area contributed by atoms with Crippen molar-refractivity contribution in [2.75, 3.05) is 13.2 Å². The molecule has 0 N–H and O–H groups in total. The quantitative estimate of drug-likeness (QED) is 0.783. The van der Waals surface area contributed by atoms with Crippen LogP contribution in [0.1, 0.15) is 44.3 Å². The fourth-order valence-corrected chi connectivity index (χ4v) is 5.78. The van der Waals surface area contributed by atoms with E-state index in [1.807, 2.05) is 0 Å². The third-order valence-corrected chi connectivity index (χ3v) is 6.71. The van der Waals surface area contributed by atoms with Crippen LogP contribution in [0.15, 0.2) is 30.3 Å². The highest BCUT2D eigenvalue weighted by Crippen LogP contribution is 2.61. The van der Waals surface area contributed by atoms with Gasteiger partial charge in [-0.1, -0.05) is 37.3 Å². The third kappa shape index (κ3) is 2.72. The lowest BCUT2D eigenvalue weighted by atomic mass is 10.0. The van der Waals surface area contributed by atoms with Crippen LogP contribution in [0.3, 0.4) is 0 Å². The molecule has 0 unspecified atom stereocenters. The van der Waals surface area contributed by atoms with Crippen LogP contribution < -0.4 is 0 Å². The van der Waals surface area contributed by atoms with E-state index in [-0.39, 0.29) is 18.3 Å². The summed E-state index contributed by atoms with van der Waals surface area (Å²) in [5.74, 6) is 0. The molecule has 3 heterocycles. The largest absolute Gasteiger partial charge is 0.375 e. The number of rotatable bonds is 4. The predicted molar refractivity (Wildman–Crippen MR) is 86.4 cm³/mol. The van der Waals surface area contributed by atoms with Gasteiger partial charge in [-0.2, -0.15) is 0 Å². The number of hydrogen-bond donors (Lipinski definition) is 0. The van der Waals surface area contributed by atoms with Gasteiger partial charge in [0.1, 0.15) is 6.10 Å².